The maximum Gasteiger partial charge on any atom is 0.254 e. The molecule has 4 heteroatoms. The Morgan fingerprint density at radius 3 is 2.90 bits per heavy atom. The van der Waals surface area contributed by atoms with Crippen LogP contribution in [0.5, 0.6) is 0 Å². The van der Waals surface area contributed by atoms with Crippen LogP contribution >= 0.6 is 0 Å². The molecule has 3 rings (SSSR count). The second kappa shape index (κ2) is 6.85. The van der Waals surface area contributed by atoms with E-state index in [9.17, 15) is 4.79 Å². The number of hydrogen-bond donors (Lipinski definition) is 1. The van der Waals surface area contributed by atoms with Crippen LogP contribution in [0.15, 0.2) is 36.7 Å². The first-order valence-corrected chi connectivity index (χ1v) is 7.90. The molecule has 0 bridgehead atoms. The predicted octanol–water partition coefficient (Wildman–Crippen LogP) is 2.24. The van der Waals surface area contributed by atoms with E-state index in [-0.39, 0.29) is 5.91 Å². The van der Waals surface area contributed by atoms with E-state index in [0.717, 1.165) is 37.5 Å². The number of nitrogens with one attached hydrogen (secondary N) is 1. The molecule has 1 aromatic rings. The number of amides is 1. The Morgan fingerprint density at radius 2 is 2.14 bits per heavy atom. The standard InChI is InChI=1S/C17H23N3O/c21-17(15-6-9-18-10-7-15)20-11-8-16(13-20)19-12-14-4-2-1-3-5-14/h1-2,6-7,9-10,14,16,19H,3-5,8,11-13H2. The maximum absolute atomic E-state index is 12.4. The van der Waals surface area contributed by atoms with Gasteiger partial charge in [-0.3, -0.25) is 9.78 Å². The van der Waals surface area contributed by atoms with Crippen LogP contribution in [0, 0.1) is 5.92 Å². The number of pyridine rings is 1. The first kappa shape index (κ1) is 14.3. The lowest BCUT2D eigenvalue weighted by Gasteiger charge is -2.21. The molecule has 0 saturated carbocycles. The van der Waals surface area contributed by atoms with E-state index >= 15 is 0 Å². The van der Waals surface area contributed by atoms with Gasteiger partial charge in [0.2, 0.25) is 0 Å². The summed E-state index contributed by atoms with van der Waals surface area (Å²) < 4.78 is 0. The monoisotopic (exact) mass is 285 g/mol. The number of aromatic nitrogens is 1. The minimum Gasteiger partial charge on any atom is -0.337 e. The van der Waals surface area contributed by atoms with Gasteiger partial charge in [0.25, 0.3) is 5.91 Å². The molecule has 2 aliphatic rings. The Kier molecular flexibility index (Phi) is 4.65. The summed E-state index contributed by atoms with van der Waals surface area (Å²) in [5.41, 5.74) is 0.739. The molecule has 0 radical (unpaired) electrons. The number of nitrogens with zero attached hydrogens (tertiary/aromatic N) is 2. The summed E-state index contributed by atoms with van der Waals surface area (Å²) >= 11 is 0. The zero-order chi connectivity index (χ0) is 14.5. The predicted molar refractivity (Wildman–Crippen MR) is 83.0 cm³/mol. The molecule has 4 nitrogen and oxygen atoms in total. The Balaban J connectivity index is 1.47. The summed E-state index contributed by atoms with van der Waals surface area (Å²) in [6.07, 6.45) is 12.7. The zero-order valence-electron chi connectivity index (χ0n) is 12.4. The smallest absolute Gasteiger partial charge is 0.254 e. The third-order valence-corrected chi connectivity index (χ3v) is 4.48. The van der Waals surface area contributed by atoms with Gasteiger partial charge in [0.1, 0.15) is 0 Å². The van der Waals surface area contributed by atoms with E-state index in [0.29, 0.717) is 6.04 Å². The second-order valence-electron chi connectivity index (χ2n) is 6.03. The summed E-state index contributed by atoms with van der Waals surface area (Å²) in [6, 6.07) is 4.02. The van der Waals surface area contributed by atoms with Crippen LogP contribution in [-0.2, 0) is 0 Å². The van der Waals surface area contributed by atoms with Gasteiger partial charge >= 0.3 is 0 Å². The molecule has 0 aromatic carbocycles. The van der Waals surface area contributed by atoms with Crippen LogP contribution in [0.1, 0.15) is 36.0 Å². The highest BCUT2D eigenvalue weighted by Gasteiger charge is 2.27. The van der Waals surface area contributed by atoms with Crippen molar-refractivity contribution in [1.82, 2.24) is 15.2 Å². The number of allylic oxidation sites excluding steroid dienone is 2. The lowest BCUT2D eigenvalue weighted by molar-refractivity contribution is 0.0789. The lowest BCUT2D eigenvalue weighted by Crippen LogP contribution is -2.37. The second-order valence-corrected chi connectivity index (χ2v) is 6.03. The number of carbonyl (C=O) groups is 1. The first-order valence-electron chi connectivity index (χ1n) is 7.90. The molecule has 1 amide bonds. The van der Waals surface area contributed by atoms with Gasteiger partial charge in [0.15, 0.2) is 0 Å². The van der Waals surface area contributed by atoms with E-state index in [2.05, 4.69) is 22.5 Å². The molecule has 1 fully saturated rings. The fourth-order valence-corrected chi connectivity index (χ4v) is 3.16. The van der Waals surface area contributed by atoms with E-state index in [1.807, 2.05) is 4.90 Å². The molecule has 1 aliphatic carbocycles. The van der Waals surface area contributed by atoms with E-state index < -0.39 is 0 Å². The summed E-state index contributed by atoms with van der Waals surface area (Å²) in [4.78, 5) is 18.3. The molecular weight excluding hydrogens is 262 g/mol. The molecule has 21 heavy (non-hydrogen) atoms. The highest BCUT2D eigenvalue weighted by atomic mass is 16.2. The summed E-state index contributed by atoms with van der Waals surface area (Å²) in [5, 5.41) is 3.65. The Hall–Kier alpha value is -1.68. The number of hydrogen-bond acceptors (Lipinski definition) is 3. The van der Waals surface area contributed by atoms with Crippen LogP contribution in [0.3, 0.4) is 0 Å². The quantitative estimate of drug-likeness (QED) is 0.863. The molecule has 2 unspecified atom stereocenters. The number of likely N-dealkylation sites (tertiary alicyclic amines) is 1. The van der Waals surface area contributed by atoms with Gasteiger partial charge in [0.05, 0.1) is 0 Å². The van der Waals surface area contributed by atoms with Gasteiger partial charge in [-0.25, -0.2) is 0 Å². The third kappa shape index (κ3) is 3.70. The first-order chi connectivity index (χ1) is 10.3. The summed E-state index contributed by atoms with van der Waals surface area (Å²) in [5.74, 6) is 0.891. The Bertz CT molecular complexity index is 500. The van der Waals surface area contributed by atoms with Crippen LogP contribution in [0.2, 0.25) is 0 Å². The molecule has 2 atom stereocenters. The van der Waals surface area contributed by atoms with Gasteiger partial charge in [0, 0.05) is 37.1 Å². The average Bonchev–Trinajstić information content (AvgIpc) is 3.03. The van der Waals surface area contributed by atoms with Crippen molar-refractivity contribution in [2.45, 2.75) is 31.7 Å². The molecule has 1 N–H and O–H groups in total. The van der Waals surface area contributed by atoms with Crippen molar-refractivity contribution in [3.05, 3.63) is 42.2 Å². The van der Waals surface area contributed by atoms with Gasteiger partial charge < -0.3 is 10.2 Å². The van der Waals surface area contributed by atoms with E-state index in [1.165, 1.54) is 19.3 Å². The van der Waals surface area contributed by atoms with Gasteiger partial charge in [-0.05, 0) is 50.3 Å². The lowest BCUT2D eigenvalue weighted by atomic mass is 9.94. The molecule has 0 spiro atoms. The number of carbonyl (C=O) groups excluding carboxylic acids is 1. The van der Waals surface area contributed by atoms with Crippen molar-refractivity contribution in [2.75, 3.05) is 19.6 Å². The molecule has 1 aliphatic heterocycles. The van der Waals surface area contributed by atoms with Crippen molar-refractivity contribution in [3.8, 4) is 0 Å². The highest BCUT2D eigenvalue weighted by molar-refractivity contribution is 5.94. The molecule has 2 heterocycles. The van der Waals surface area contributed by atoms with E-state index in [1.54, 1.807) is 24.5 Å². The fraction of sp³-hybridized carbons (Fsp3) is 0.529. The minimum absolute atomic E-state index is 0.127. The van der Waals surface area contributed by atoms with Crippen molar-refractivity contribution in [1.29, 1.82) is 0 Å². The van der Waals surface area contributed by atoms with Crippen LogP contribution in [-0.4, -0.2) is 41.5 Å². The van der Waals surface area contributed by atoms with Gasteiger partial charge in [-0.15, -0.1) is 0 Å². The number of rotatable bonds is 4. The largest absolute Gasteiger partial charge is 0.337 e. The van der Waals surface area contributed by atoms with Gasteiger partial charge in [-0.2, -0.15) is 0 Å². The van der Waals surface area contributed by atoms with Crippen LogP contribution in [0.25, 0.3) is 0 Å². The van der Waals surface area contributed by atoms with Crippen LogP contribution < -0.4 is 5.32 Å². The molecule has 1 aromatic heterocycles. The average molecular weight is 285 g/mol. The van der Waals surface area contributed by atoms with Crippen molar-refractivity contribution < 1.29 is 4.79 Å². The fourth-order valence-electron chi connectivity index (χ4n) is 3.16. The molecule has 112 valence electrons. The SMILES string of the molecule is O=C(c1ccncc1)N1CCC(NCC2CC=CCC2)C1. The maximum atomic E-state index is 12.4. The van der Waals surface area contributed by atoms with Crippen molar-refractivity contribution >= 4 is 5.91 Å². The molecular formula is C17H23N3O. The topological polar surface area (TPSA) is 45.2 Å². The van der Waals surface area contributed by atoms with Crippen molar-refractivity contribution in [3.63, 3.8) is 0 Å². The minimum atomic E-state index is 0.127. The summed E-state index contributed by atoms with van der Waals surface area (Å²) in [7, 11) is 0. The van der Waals surface area contributed by atoms with Gasteiger partial charge in [-0.1, -0.05) is 12.2 Å². The zero-order valence-corrected chi connectivity index (χ0v) is 12.4. The summed E-state index contributed by atoms with van der Waals surface area (Å²) in [6.45, 7) is 2.75. The van der Waals surface area contributed by atoms with E-state index in [4.69, 9.17) is 0 Å². The van der Waals surface area contributed by atoms with Crippen molar-refractivity contribution in [2.24, 2.45) is 5.92 Å². The van der Waals surface area contributed by atoms with Crippen LogP contribution in [0.4, 0.5) is 0 Å². The third-order valence-electron chi connectivity index (χ3n) is 4.48. The highest BCUT2D eigenvalue weighted by Crippen LogP contribution is 2.18. The molecule has 1 saturated heterocycles. The Morgan fingerprint density at radius 1 is 1.29 bits per heavy atom. The Labute approximate surface area is 126 Å². The normalized spacial score (nSPS) is 25.2.